The lowest BCUT2D eigenvalue weighted by molar-refractivity contribution is -0.143. The molecule has 0 heterocycles. The minimum Gasteiger partial charge on any atom is -0.466 e. The molecule has 17 heavy (non-hydrogen) atoms. The molecule has 4 heteroatoms. The van der Waals surface area contributed by atoms with Crippen molar-refractivity contribution in [1.29, 1.82) is 0 Å². The van der Waals surface area contributed by atoms with Crippen LogP contribution in [0.25, 0.3) is 0 Å². The van der Waals surface area contributed by atoms with E-state index in [2.05, 4.69) is 5.32 Å². The van der Waals surface area contributed by atoms with Crippen molar-refractivity contribution in [3.8, 4) is 0 Å². The average Bonchev–Trinajstić information content (AvgIpc) is 2.29. The number of rotatable bonds is 6. The van der Waals surface area contributed by atoms with Gasteiger partial charge in [0.15, 0.2) is 0 Å². The van der Waals surface area contributed by atoms with Gasteiger partial charge in [0.05, 0.1) is 6.61 Å². The Morgan fingerprint density at radius 1 is 1.47 bits per heavy atom. The first-order chi connectivity index (χ1) is 8.13. The summed E-state index contributed by atoms with van der Waals surface area (Å²) < 4.78 is 4.84. The van der Waals surface area contributed by atoms with E-state index in [1.807, 2.05) is 32.0 Å². The second kappa shape index (κ2) is 7.17. The molecule has 0 radical (unpaired) electrons. The number of halogens is 1. The number of aryl methyl sites for hydroxylation is 1. The van der Waals surface area contributed by atoms with Crippen LogP contribution >= 0.6 is 11.6 Å². The molecule has 1 aromatic rings. The number of nitrogens with one attached hydrogen (secondary N) is 1. The molecular weight excluding hydrogens is 238 g/mol. The van der Waals surface area contributed by atoms with Crippen molar-refractivity contribution in [2.24, 2.45) is 0 Å². The van der Waals surface area contributed by atoms with E-state index in [-0.39, 0.29) is 5.97 Å². The number of benzene rings is 1. The van der Waals surface area contributed by atoms with Crippen molar-refractivity contribution in [3.05, 3.63) is 28.8 Å². The fourth-order valence-corrected chi connectivity index (χ4v) is 1.57. The Morgan fingerprint density at radius 3 is 2.88 bits per heavy atom. The van der Waals surface area contributed by atoms with E-state index < -0.39 is 0 Å². The van der Waals surface area contributed by atoms with Gasteiger partial charge in [0.2, 0.25) is 0 Å². The monoisotopic (exact) mass is 255 g/mol. The molecule has 1 aromatic carbocycles. The Balaban J connectivity index is 2.26. The van der Waals surface area contributed by atoms with Crippen LogP contribution in [-0.4, -0.2) is 19.1 Å². The summed E-state index contributed by atoms with van der Waals surface area (Å²) in [5, 5.41) is 4.01. The molecule has 0 spiro atoms. The molecule has 0 aliphatic heterocycles. The molecule has 0 bridgehead atoms. The van der Waals surface area contributed by atoms with Crippen LogP contribution in [0.2, 0.25) is 5.02 Å². The van der Waals surface area contributed by atoms with Gasteiger partial charge in [0, 0.05) is 23.7 Å². The van der Waals surface area contributed by atoms with Gasteiger partial charge in [-0.2, -0.15) is 0 Å². The third-order valence-electron chi connectivity index (χ3n) is 2.35. The summed E-state index contributed by atoms with van der Waals surface area (Å²) in [6.45, 7) is 4.97. The van der Waals surface area contributed by atoms with E-state index in [9.17, 15) is 4.79 Å². The Kier molecular flexibility index (Phi) is 5.84. The standard InChI is InChI=1S/C13H18ClNO2/c1-3-17-13(16)5-4-8-15-11-6-7-12(14)10(2)9-11/h6-7,9,15H,3-5,8H2,1-2H3. The highest BCUT2D eigenvalue weighted by atomic mass is 35.5. The van der Waals surface area contributed by atoms with Gasteiger partial charge in [-0.05, 0) is 44.0 Å². The van der Waals surface area contributed by atoms with E-state index >= 15 is 0 Å². The van der Waals surface area contributed by atoms with Crippen LogP contribution in [-0.2, 0) is 9.53 Å². The molecule has 0 amide bonds. The normalized spacial score (nSPS) is 10.1. The fraction of sp³-hybridized carbons (Fsp3) is 0.462. The van der Waals surface area contributed by atoms with Crippen molar-refractivity contribution >= 4 is 23.3 Å². The van der Waals surface area contributed by atoms with Gasteiger partial charge in [-0.3, -0.25) is 4.79 Å². The second-order valence-electron chi connectivity index (χ2n) is 3.80. The van der Waals surface area contributed by atoms with Gasteiger partial charge < -0.3 is 10.1 Å². The van der Waals surface area contributed by atoms with Gasteiger partial charge in [-0.15, -0.1) is 0 Å². The van der Waals surface area contributed by atoms with Crippen LogP contribution in [0.3, 0.4) is 0 Å². The fourth-order valence-electron chi connectivity index (χ4n) is 1.45. The molecule has 0 aromatic heterocycles. The number of esters is 1. The molecule has 1 rings (SSSR count). The predicted octanol–water partition coefficient (Wildman–Crippen LogP) is 3.40. The average molecular weight is 256 g/mol. The summed E-state index contributed by atoms with van der Waals surface area (Å²) in [5.41, 5.74) is 2.07. The second-order valence-corrected chi connectivity index (χ2v) is 4.21. The Bertz CT molecular complexity index is 380. The Morgan fingerprint density at radius 2 is 2.24 bits per heavy atom. The van der Waals surface area contributed by atoms with E-state index in [4.69, 9.17) is 16.3 Å². The summed E-state index contributed by atoms with van der Waals surface area (Å²) in [6, 6.07) is 5.79. The van der Waals surface area contributed by atoms with Crippen molar-refractivity contribution in [2.75, 3.05) is 18.5 Å². The summed E-state index contributed by atoms with van der Waals surface area (Å²) in [4.78, 5) is 11.1. The first-order valence-corrected chi connectivity index (χ1v) is 6.17. The van der Waals surface area contributed by atoms with Gasteiger partial charge in [0.25, 0.3) is 0 Å². The van der Waals surface area contributed by atoms with Crippen LogP contribution in [0.4, 0.5) is 5.69 Å². The first kappa shape index (κ1) is 13.8. The molecular formula is C13H18ClNO2. The van der Waals surface area contributed by atoms with Crippen LogP contribution in [0, 0.1) is 6.92 Å². The molecule has 0 saturated carbocycles. The zero-order valence-electron chi connectivity index (χ0n) is 10.3. The van der Waals surface area contributed by atoms with Crippen LogP contribution < -0.4 is 5.32 Å². The molecule has 0 fully saturated rings. The molecule has 3 nitrogen and oxygen atoms in total. The molecule has 0 saturated heterocycles. The number of hydrogen-bond acceptors (Lipinski definition) is 3. The SMILES string of the molecule is CCOC(=O)CCCNc1ccc(Cl)c(C)c1. The van der Waals surface area contributed by atoms with Crippen molar-refractivity contribution in [1.82, 2.24) is 0 Å². The lowest BCUT2D eigenvalue weighted by Crippen LogP contribution is -2.08. The van der Waals surface area contributed by atoms with Crippen molar-refractivity contribution in [2.45, 2.75) is 26.7 Å². The minimum atomic E-state index is -0.137. The summed E-state index contributed by atoms with van der Waals surface area (Å²) in [7, 11) is 0. The largest absolute Gasteiger partial charge is 0.466 e. The maximum Gasteiger partial charge on any atom is 0.305 e. The quantitative estimate of drug-likeness (QED) is 0.625. The van der Waals surface area contributed by atoms with Crippen LogP contribution in [0.5, 0.6) is 0 Å². The summed E-state index contributed by atoms with van der Waals surface area (Å²) in [6.07, 6.45) is 1.22. The van der Waals surface area contributed by atoms with Gasteiger partial charge in [-0.25, -0.2) is 0 Å². The maximum absolute atomic E-state index is 11.1. The predicted molar refractivity (Wildman–Crippen MR) is 70.5 cm³/mol. The number of carbonyl (C=O) groups excluding carboxylic acids is 1. The van der Waals surface area contributed by atoms with E-state index in [1.165, 1.54) is 0 Å². The molecule has 0 atom stereocenters. The molecule has 0 aliphatic rings. The van der Waals surface area contributed by atoms with Crippen LogP contribution in [0.15, 0.2) is 18.2 Å². The Hall–Kier alpha value is -1.22. The minimum absolute atomic E-state index is 0.137. The highest BCUT2D eigenvalue weighted by molar-refractivity contribution is 6.31. The zero-order chi connectivity index (χ0) is 12.7. The number of carbonyl (C=O) groups is 1. The number of hydrogen-bond donors (Lipinski definition) is 1. The maximum atomic E-state index is 11.1. The highest BCUT2D eigenvalue weighted by Gasteiger charge is 2.01. The number of ether oxygens (including phenoxy) is 1. The smallest absolute Gasteiger partial charge is 0.305 e. The molecule has 94 valence electrons. The first-order valence-electron chi connectivity index (χ1n) is 5.79. The topological polar surface area (TPSA) is 38.3 Å². The highest BCUT2D eigenvalue weighted by Crippen LogP contribution is 2.19. The van der Waals surface area contributed by atoms with Crippen LogP contribution in [0.1, 0.15) is 25.3 Å². The third-order valence-corrected chi connectivity index (χ3v) is 2.77. The summed E-state index contributed by atoms with van der Waals surface area (Å²) in [5.74, 6) is -0.137. The van der Waals surface area contributed by atoms with E-state index in [1.54, 1.807) is 0 Å². The third kappa shape index (κ3) is 5.09. The van der Waals surface area contributed by atoms with Crippen molar-refractivity contribution < 1.29 is 9.53 Å². The lowest BCUT2D eigenvalue weighted by atomic mass is 10.2. The number of anilines is 1. The zero-order valence-corrected chi connectivity index (χ0v) is 11.0. The Labute approximate surface area is 107 Å². The lowest BCUT2D eigenvalue weighted by Gasteiger charge is -2.07. The van der Waals surface area contributed by atoms with Gasteiger partial charge in [0.1, 0.15) is 0 Å². The van der Waals surface area contributed by atoms with E-state index in [0.717, 1.165) is 29.2 Å². The van der Waals surface area contributed by atoms with E-state index in [0.29, 0.717) is 13.0 Å². The van der Waals surface area contributed by atoms with Crippen molar-refractivity contribution in [3.63, 3.8) is 0 Å². The molecule has 1 N–H and O–H groups in total. The van der Waals surface area contributed by atoms with Gasteiger partial charge >= 0.3 is 5.97 Å². The molecule has 0 aliphatic carbocycles. The molecule has 0 unspecified atom stereocenters. The van der Waals surface area contributed by atoms with Gasteiger partial charge in [-0.1, -0.05) is 11.6 Å². The summed E-state index contributed by atoms with van der Waals surface area (Å²) >= 11 is 5.93.